The van der Waals surface area contributed by atoms with E-state index in [2.05, 4.69) is 4.98 Å². The van der Waals surface area contributed by atoms with Gasteiger partial charge in [-0.3, -0.25) is 4.79 Å². The van der Waals surface area contributed by atoms with Crippen LogP contribution in [-0.2, 0) is 5.88 Å². The van der Waals surface area contributed by atoms with Gasteiger partial charge in [0.25, 0.3) is 6.43 Å². The van der Waals surface area contributed by atoms with Gasteiger partial charge in [-0.25, -0.2) is 13.8 Å². The molecule has 1 aromatic rings. The topological polar surface area (TPSA) is 56.0 Å². The molecule has 1 aromatic heterocycles. The molecule has 0 saturated heterocycles. The predicted octanol–water partition coefficient (Wildman–Crippen LogP) is 2.15. The number of carbonyl (C=O) groups excluding carboxylic acids is 1. The summed E-state index contributed by atoms with van der Waals surface area (Å²) in [4.78, 5) is 14.1. The Morgan fingerprint density at radius 2 is 2.29 bits per heavy atom. The molecule has 0 bridgehead atoms. The number of rotatable bonds is 3. The minimum atomic E-state index is -2.81. The molecule has 0 aliphatic rings. The molecule has 0 aliphatic heterocycles. The fourth-order valence-corrected chi connectivity index (χ4v) is 1.19. The third-order valence-corrected chi connectivity index (χ3v) is 1.93. The average Bonchev–Trinajstić information content (AvgIpc) is 2.15. The van der Waals surface area contributed by atoms with Gasteiger partial charge in [-0.1, -0.05) is 0 Å². The van der Waals surface area contributed by atoms with E-state index in [4.69, 9.17) is 17.3 Å². The van der Waals surface area contributed by atoms with E-state index in [0.717, 1.165) is 0 Å². The van der Waals surface area contributed by atoms with Gasteiger partial charge in [0.1, 0.15) is 5.82 Å². The van der Waals surface area contributed by atoms with Crippen molar-refractivity contribution in [1.29, 1.82) is 0 Å². The van der Waals surface area contributed by atoms with Crippen LogP contribution in [0.1, 0.15) is 28.0 Å². The Bertz CT molecular complexity index is 357. The third-order valence-electron chi connectivity index (χ3n) is 1.66. The van der Waals surface area contributed by atoms with E-state index in [0.29, 0.717) is 12.0 Å². The predicted molar refractivity (Wildman–Crippen MR) is 48.6 cm³/mol. The quantitative estimate of drug-likeness (QED) is 0.627. The maximum absolute atomic E-state index is 12.4. The van der Waals surface area contributed by atoms with Crippen molar-refractivity contribution in [2.24, 2.45) is 0 Å². The monoisotopic (exact) mass is 220 g/mol. The van der Waals surface area contributed by atoms with E-state index in [1.54, 1.807) is 0 Å². The maximum atomic E-state index is 12.4. The molecule has 3 nitrogen and oxygen atoms in total. The molecular weight excluding hydrogens is 214 g/mol. The zero-order valence-electron chi connectivity index (χ0n) is 7.01. The number of pyridine rings is 1. The normalized spacial score (nSPS) is 10.6. The van der Waals surface area contributed by atoms with Crippen molar-refractivity contribution in [3.8, 4) is 0 Å². The van der Waals surface area contributed by atoms with Gasteiger partial charge in [0.05, 0.1) is 17.1 Å². The van der Waals surface area contributed by atoms with Gasteiger partial charge in [0.15, 0.2) is 6.29 Å². The second-order valence-electron chi connectivity index (χ2n) is 2.55. The molecule has 0 radical (unpaired) electrons. The standard InChI is InChI=1S/C8H7ClF2N2O/c9-2-5-1-4(3-14)6(7(10)11)8(12)13-5/h1,3,7H,2H2,(H2,12,13). The van der Waals surface area contributed by atoms with E-state index in [-0.39, 0.29) is 17.3 Å². The number of aromatic nitrogens is 1. The Kier molecular flexibility index (Phi) is 3.35. The van der Waals surface area contributed by atoms with Crippen molar-refractivity contribution in [3.63, 3.8) is 0 Å². The minimum Gasteiger partial charge on any atom is -0.383 e. The molecule has 14 heavy (non-hydrogen) atoms. The summed E-state index contributed by atoms with van der Waals surface area (Å²) in [5.74, 6) is -0.325. The van der Waals surface area contributed by atoms with Crippen LogP contribution in [0.2, 0.25) is 0 Å². The molecule has 0 saturated carbocycles. The van der Waals surface area contributed by atoms with Crippen LogP contribution in [0.3, 0.4) is 0 Å². The lowest BCUT2D eigenvalue weighted by Crippen LogP contribution is -2.05. The van der Waals surface area contributed by atoms with Gasteiger partial charge in [0, 0.05) is 5.56 Å². The van der Waals surface area contributed by atoms with E-state index in [9.17, 15) is 13.6 Å². The largest absolute Gasteiger partial charge is 0.383 e. The third kappa shape index (κ3) is 1.98. The fraction of sp³-hybridized carbons (Fsp3) is 0.250. The van der Waals surface area contributed by atoms with Crippen molar-refractivity contribution in [3.05, 3.63) is 22.9 Å². The summed E-state index contributed by atoms with van der Waals surface area (Å²) in [6.07, 6.45) is -2.50. The number of aldehydes is 1. The van der Waals surface area contributed by atoms with Gasteiger partial charge in [-0.05, 0) is 6.07 Å². The lowest BCUT2D eigenvalue weighted by atomic mass is 10.1. The molecule has 1 rings (SSSR count). The number of alkyl halides is 3. The van der Waals surface area contributed by atoms with Crippen LogP contribution >= 0.6 is 11.6 Å². The summed E-state index contributed by atoms with van der Waals surface area (Å²) in [5.41, 5.74) is 4.87. The lowest BCUT2D eigenvalue weighted by Gasteiger charge is -2.08. The molecule has 76 valence electrons. The lowest BCUT2D eigenvalue weighted by molar-refractivity contribution is 0.110. The molecule has 0 amide bonds. The average molecular weight is 221 g/mol. The molecule has 0 fully saturated rings. The van der Waals surface area contributed by atoms with E-state index < -0.39 is 12.0 Å². The number of halogens is 3. The number of hydrogen-bond donors (Lipinski definition) is 1. The highest BCUT2D eigenvalue weighted by Gasteiger charge is 2.18. The summed E-state index contributed by atoms with van der Waals surface area (Å²) in [6, 6.07) is 1.21. The van der Waals surface area contributed by atoms with Crippen molar-refractivity contribution in [2.75, 3.05) is 5.73 Å². The van der Waals surface area contributed by atoms with Gasteiger partial charge >= 0.3 is 0 Å². The van der Waals surface area contributed by atoms with Gasteiger partial charge in [-0.15, -0.1) is 11.6 Å². The molecule has 2 N–H and O–H groups in total. The molecule has 1 heterocycles. The Morgan fingerprint density at radius 1 is 1.64 bits per heavy atom. The molecule has 6 heteroatoms. The summed E-state index contributed by atoms with van der Waals surface area (Å²) in [7, 11) is 0. The second-order valence-corrected chi connectivity index (χ2v) is 2.82. The summed E-state index contributed by atoms with van der Waals surface area (Å²) < 4.78 is 24.8. The zero-order chi connectivity index (χ0) is 10.7. The summed E-state index contributed by atoms with van der Waals surface area (Å²) in [6.45, 7) is 0. The maximum Gasteiger partial charge on any atom is 0.268 e. The number of anilines is 1. The van der Waals surface area contributed by atoms with Crippen LogP contribution < -0.4 is 5.73 Å². The van der Waals surface area contributed by atoms with Crippen molar-refractivity contribution >= 4 is 23.7 Å². The number of nitrogens with zero attached hydrogens (tertiary/aromatic N) is 1. The number of nitrogens with two attached hydrogens (primary N) is 1. The van der Waals surface area contributed by atoms with Crippen LogP contribution in [0.5, 0.6) is 0 Å². The van der Waals surface area contributed by atoms with Gasteiger partial charge in [-0.2, -0.15) is 0 Å². The first-order valence-electron chi connectivity index (χ1n) is 3.68. The van der Waals surface area contributed by atoms with E-state index >= 15 is 0 Å². The molecule has 0 aromatic carbocycles. The smallest absolute Gasteiger partial charge is 0.268 e. The molecule has 0 unspecified atom stereocenters. The number of hydrogen-bond acceptors (Lipinski definition) is 3. The van der Waals surface area contributed by atoms with Gasteiger partial charge < -0.3 is 5.73 Å². The van der Waals surface area contributed by atoms with E-state index in [1.807, 2.05) is 0 Å². The van der Waals surface area contributed by atoms with E-state index in [1.165, 1.54) is 6.07 Å². The van der Waals surface area contributed by atoms with Crippen LogP contribution in [0.4, 0.5) is 14.6 Å². The van der Waals surface area contributed by atoms with Crippen LogP contribution in [0.15, 0.2) is 6.07 Å². The van der Waals surface area contributed by atoms with Crippen molar-refractivity contribution < 1.29 is 13.6 Å². The molecule has 0 aliphatic carbocycles. The van der Waals surface area contributed by atoms with Crippen LogP contribution in [0, 0.1) is 0 Å². The highest BCUT2D eigenvalue weighted by atomic mass is 35.5. The minimum absolute atomic E-state index is 0.0224. The zero-order valence-corrected chi connectivity index (χ0v) is 7.76. The van der Waals surface area contributed by atoms with Crippen LogP contribution in [0.25, 0.3) is 0 Å². The first-order valence-corrected chi connectivity index (χ1v) is 4.22. The van der Waals surface area contributed by atoms with Gasteiger partial charge in [0.2, 0.25) is 0 Å². The summed E-state index contributed by atoms with van der Waals surface area (Å²) >= 11 is 5.44. The van der Waals surface area contributed by atoms with Crippen molar-refractivity contribution in [1.82, 2.24) is 4.98 Å². The fourth-order valence-electron chi connectivity index (χ4n) is 1.06. The molecule has 0 spiro atoms. The second kappa shape index (κ2) is 4.32. The highest BCUT2D eigenvalue weighted by Crippen LogP contribution is 2.27. The number of nitrogen functional groups attached to an aromatic ring is 1. The molecular formula is C8H7ClF2N2O. The number of carbonyl (C=O) groups is 1. The molecule has 0 atom stereocenters. The highest BCUT2D eigenvalue weighted by molar-refractivity contribution is 6.17. The SMILES string of the molecule is Nc1nc(CCl)cc(C=O)c1C(F)F. The first-order chi connectivity index (χ1) is 6.60. The first kappa shape index (κ1) is 10.8. The summed E-state index contributed by atoms with van der Waals surface area (Å²) in [5, 5.41) is 0. The Morgan fingerprint density at radius 3 is 2.71 bits per heavy atom. The Labute approximate surface area is 83.9 Å². The Balaban J connectivity index is 3.34. The van der Waals surface area contributed by atoms with Crippen molar-refractivity contribution in [2.45, 2.75) is 12.3 Å². The Hall–Kier alpha value is -1.23. The van der Waals surface area contributed by atoms with Crippen LogP contribution in [-0.4, -0.2) is 11.3 Å².